The van der Waals surface area contributed by atoms with E-state index in [1.807, 2.05) is 34.6 Å². The fourth-order valence-electron chi connectivity index (χ4n) is 2.49. The Morgan fingerprint density at radius 1 is 1.16 bits per heavy atom. The Bertz CT molecular complexity index is 748. The van der Waals surface area contributed by atoms with Crippen LogP contribution < -0.4 is 0 Å². The lowest BCUT2D eigenvalue weighted by atomic mass is 10.0. The normalized spacial score (nSPS) is 14.5. The number of imidazole rings is 1. The summed E-state index contributed by atoms with van der Waals surface area (Å²) in [7, 11) is 0. The second kappa shape index (κ2) is 4.38. The van der Waals surface area contributed by atoms with Gasteiger partial charge in [-0.25, -0.2) is 9.50 Å². The van der Waals surface area contributed by atoms with Crippen molar-refractivity contribution in [3.8, 4) is 11.3 Å². The zero-order valence-corrected chi connectivity index (χ0v) is 11.2. The second-order valence-electron chi connectivity index (χ2n) is 4.72. The zero-order valence-electron chi connectivity index (χ0n) is 10.4. The standard InChI is InChI=1S/C15H13N3S/c1-2-12-10-11(3-5-14(12)19-9-1)13-4-6-15-16-7-8-18(15)17-13/h3-8,10H,1-2,9H2. The Morgan fingerprint density at radius 2 is 2.16 bits per heavy atom. The second-order valence-corrected chi connectivity index (χ2v) is 5.86. The summed E-state index contributed by atoms with van der Waals surface area (Å²) in [6, 6.07) is 10.7. The Labute approximate surface area is 115 Å². The van der Waals surface area contributed by atoms with Crippen molar-refractivity contribution in [3.05, 3.63) is 48.3 Å². The number of rotatable bonds is 1. The Morgan fingerprint density at radius 3 is 3.16 bits per heavy atom. The first-order chi connectivity index (χ1) is 9.40. The van der Waals surface area contributed by atoms with Crippen LogP contribution in [-0.2, 0) is 6.42 Å². The fourth-order valence-corrected chi connectivity index (χ4v) is 3.51. The van der Waals surface area contributed by atoms with Gasteiger partial charge in [-0.1, -0.05) is 6.07 Å². The van der Waals surface area contributed by atoms with Gasteiger partial charge in [-0.2, -0.15) is 5.10 Å². The highest BCUT2D eigenvalue weighted by atomic mass is 32.2. The molecule has 0 atom stereocenters. The Kier molecular flexibility index (Phi) is 2.55. The van der Waals surface area contributed by atoms with E-state index in [4.69, 9.17) is 0 Å². The van der Waals surface area contributed by atoms with E-state index < -0.39 is 0 Å². The van der Waals surface area contributed by atoms with Crippen LogP contribution in [0.25, 0.3) is 16.9 Å². The first-order valence-corrected chi connectivity index (χ1v) is 7.45. The van der Waals surface area contributed by atoms with Crippen LogP contribution >= 0.6 is 11.8 Å². The van der Waals surface area contributed by atoms with Gasteiger partial charge in [0.1, 0.15) is 0 Å². The molecule has 0 spiro atoms. The van der Waals surface area contributed by atoms with Crippen molar-refractivity contribution < 1.29 is 0 Å². The molecule has 0 amide bonds. The van der Waals surface area contributed by atoms with Crippen molar-refractivity contribution in [1.82, 2.24) is 14.6 Å². The van der Waals surface area contributed by atoms with Gasteiger partial charge in [0, 0.05) is 22.9 Å². The fraction of sp³-hybridized carbons (Fsp3) is 0.200. The van der Waals surface area contributed by atoms with E-state index in [2.05, 4.69) is 28.3 Å². The van der Waals surface area contributed by atoms with Crippen LogP contribution in [0, 0.1) is 0 Å². The van der Waals surface area contributed by atoms with E-state index >= 15 is 0 Å². The van der Waals surface area contributed by atoms with Crippen molar-refractivity contribution in [2.45, 2.75) is 17.7 Å². The molecule has 3 nitrogen and oxygen atoms in total. The van der Waals surface area contributed by atoms with Gasteiger partial charge < -0.3 is 0 Å². The average molecular weight is 267 g/mol. The van der Waals surface area contributed by atoms with E-state index in [-0.39, 0.29) is 0 Å². The summed E-state index contributed by atoms with van der Waals surface area (Å²) in [6.45, 7) is 0. The summed E-state index contributed by atoms with van der Waals surface area (Å²) in [6.07, 6.45) is 6.11. The van der Waals surface area contributed by atoms with Crippen LogP contribution in [0.2, 0.25) is 0 Å². The molecule has 1 aliphatic heterocycles. The Hall–Kier alpha value is -1.81. The average Bonchev–Trinajstić information content (AvgIpc) is 2.94. The summed E-state index contributed by atoms with van der Waals surface area (Å²) < 4.78 is 1.82. The summed E-state index contributed by atoms with van der Waals surface area (Å²) in [5.74, 6) is 1.24. The van der Waals surface area contributed by atoms with E-state index in [9.17, 15) is 0 Å². The highest BCUT2D eigenvalue weighted by Gasteiger charge is 2.11. The van der Waals surface area contributed by atoms with Crippen LogP contribution in [0.4, 0.5) is 0 Å². The minimum atomic E-state index is 0.886. The molecular weight excluding hydrogens is 254 g/mol. The molecule has 0 saturated heterocycles. The van der Waals surface area contributed by atoms with Crippen LogP contribution in [0.5, 0.6) is 0 Å². The third kappa shape index (κ3) is 1.92. The third-order valence-electron chi connectivity index (χ3n) is 3.46. The molecule has 4 rings (SSSR count). The number of hydrogen-bond acceptors (Lipinski definition) is 3. The number of thioether (sulfide) groups is 1. The van der Waals surface area contributed by atoms with Gasteiger partial charge in [0.15, 0.2) is 5.65 Å². The van der Waals surface area contributed by atoms with Crippen molar-refractivity contribution in [2.24, 2.45) is 0 Å². The number of benzene rings is 1. The lowest BCUT2D eigenvalue weighted by Crippen LogP contribution is -1.99. The molecule has 19 heavy (non-hydrogen) atoms. The van der Waals surface area contributed by atoms with Crippen molar-refractivity contribution in [1.29, 1.82) is 0 Å². The molecule has 0 radical (unpaired) electrons. The van der Waals surface area contributed by atoms with E-state index in [0.29, 0.717) is 0 Å². The number of hydrogen-bond donors (Lipinski definition) is 0. The van der Waals surface area contributed by atoms with Crippen molar-refractivity contribution in [2.75, 3.05) is 5.75 Å². The molecule has 0 unspecified atom stereocenters. The summed E-state index contributed by atoms with van der Waals surface area (Å²) in [5, 5.41) is 4.60. The first kappa shape index (κ1) is 11.1. The summed E-state index contributed by atoms with van der Waals surface area (Å²) in [4.78, 5) is 5.65. The van der Waals surface area contributed by atoms with E-state index in [1.165, 1.54) is 34.6 Å². The molecule has 94 valence electrons. The van der Waals surface area contributed by atoms with Gasteiger partial charge in [-0.3, -0.25) is 0 Å². The number of fused-ring (bicyclic) bond motifs is 2. The smallest absolute Gasteiger partial charge is 0.153 e. The molecular formula is C15H13N3S. The van der Waals surface area contributed by atoms with E-state index in [1.54, 1.807) is 6.20 Å². The van der Waals surface area contributed by atoms with Gasteiger partial charge >= 0.3 is 0 Å². The van der Waals surface area contributed by atoms with Gasteiger partial charge in [-0.15, -0.1) is 11.8 Å². The largest absolute Gasteiger partial charge is 0.236 e. The lowest BCUT2D eigenvalue weighted by Gasteiger charge is -2.15. The van der Waals surface area contributed by atoms with E-state index in [0.717, 1.165) is 11.3 Å². The topological polar surface area (TPSA) is 30.2 Å². The molecule has 0 aliphatic carbocycles. The minimum Gasteiger partial charge on any atom is -0.236 e. The van der Waals surface area contributed by atoms with Crippen LogP contribution in [0.1, 0.15) is 12.0 Å². The maximum Gasteiger partial charge on any atom is 0.153 e. The Balaban J connectivity index is 1.82. The summed E-state index contributed by atoms with van der Waals surface area (Å²) >= 11 is 1.96. The lowest BCUT2D eigenvalue weighted by molar-refractivity contribution is 0.889. The number of aromatic nitrogens is 3. The van der Waals surface area contributed by atoms with Gasteiger partial charge in [0.05, 0.1) is 5.69 Å². The molecule has 0 saturated carbocycles. The number of nitrogens with zero attached hydrogens (tertiary/aromatic N) is 3. The summed E-state index contributed by atoms with van der Waals surface area (Å²) in [5.41, 5.74) is 4.54. The van der Waals surface area contributed by atoms with Crippen molar-refractivity contribution in [3.63, 3.8) is 0 Å². The maximum atomic E-state index is 4.60. The predicted molar refractivity (Wildman–Crippen MR) is 77.5 cm³/mol. The van der Waals surface area contributed by atoms with Crippen molar-refractivity contribution >= 4 is 17.4 Å². The number of aryl methyl sites for hydroxylation is 1. The third-order valence-corrected chi connectivity index (χ3v) is 4.66. The molecule has 1 aliphatic rings. The minimum absolute atomic E-state index is 0.886. The highest BCUT2D eigenvalue weighted by molar-refractivity contribution is 7.99. The predicted octanol–water partition coefficient (Wildman–Crippen LogP) is 3.43. The van der Waals surface area contributed by atoms with Crippen LogP contribution in [-0.4, -0.2) is 20.4 Å². The van der Waals surface area contributed by atoms with Crippen LogP contribution in [0.3, 0.4) is 0 Å². The van der Waals surface area contributed by atoms with Gasteiger partial charge in [0.2, 0.25) is 0 Å². The quantitative estimate of drug-likeness (QED) is 0.676. The molecule has 3 aromatic rings. The monoisotopic (exact) mass is 267 g/mol. The molecule has 0 bridgehead atoms. The van der Waals surface area contributed by atoms with Gasteiger partial charge in [-0.05, 0) is 48.4 Å². The maximum absolute atomic E-state index is 4.60. The molecule has 0 N–H and O–H groups in total. The van der Waals surface area contributed by atoms with Crippen LogP contribution in [0.15, 0.2) is 47.6 Å². The van der Waals surface area contributed by atoms with Gasteiger partial charge in [0.25, 0.3) is 0 Å². The first-order valence-electron chi connectivity index (χ1n) is 6.47. The molecule has 4 heteroatoms. The molecule has 1 aromatic carbocycles. The SMILES string of the molecule is c1cn2nc(-c3ccc4c(c3)CCCS4)ccc2n1. The molecule has 2 aromatic heterocycles. The highest BCUT2D eigenvalue weighted by Crippen LogP contribution is 2.32. The zero-order chi connectivity index (χ0) is 12.7. The molecule has 3 heterocycles. The molecule has 0 fully saturated rings.